The van der Waals surface area contributed by atoms with Crippen LogP contribution >= 0.6 is 0 Å². The van der Waals surface area contributed by atoms with Gasteiger partial charge in [0.2, 0.25) is 0 Å². The molecule has 3 aromatic carbocycles. The van der Waals surface area contributed by atoms with Crippen molar-refractivity contribution in [3.63, 3.8) is 0 Å². The summed E-state index contributed by atoms with van der Waals surface area (Å²) in [6.45, 7) is 5.87. The maximum Gasteiger partial charge on any atom is 0.295 e. The van der Waals surface area contributed by atoms with Crippen LogP contribution in [-0.4, -0.2) is 60.4 Å². The zero-order chi connectivity index (χ0) is 27.9. The Morgan fingerprint density at radius 3 is 2.28 bits per heavy atom. The lowest BCUT2D eigenvalue weighted by Gasteiger charge is -2.26. The fourth-order valence-corrected chi connectivity index (χ4v) is 4.81. The number of likely N-dealkylation sites (tertiary alicyclic amines) is 1. The maximum atomic E-state index is 13.3. The van der Waals surface area contributed by atoms with E-state index in [2.05, 4.69) is 0 Å². The molecule has 7 nitrogen and oxygen atoms in total. The van der Waals surface area contributed by atoms with Gasteiger partial charge in [-0.2, -0.15) is 0 Å². The van der Waals surface area contributed by atoms with Gasteiger partial charge >= 0.3 is 0 Å². The molecule has 0 bridgehead atoms. The molecule has 204 valence electrons. The number of carbonyl (C=O) groups excluding carboxylic acids is 2. The van der Waals surface area contributed by atoms with Crippen LogP contribution in [0.15, 0.2) is 78.4 Å². The number of hydrogen-bond donors (Lipinski definition) is 1. The Hall–Kier alpha value is -4.10. The van der Waals surface area contributed by atoms with E-state index in [9.17, 15) is 14.7 Å². The zero-order valence-corrected chi connectivity index (χ0v) is 23.0. The molecule has 4 rings (SSSR count). The summed E-state index contributed by atoms with van der Waals surface area (Å²) in [7, 11) is 3.93. The van der Waals surface area contributed by atoms with Gasteiger partial charge in [0.25, 0.3) is 11.7 Å². The molecule has 1 atom stereocenters. The van der Waals surface area contributed by atoms with Crippen molar-refractivity contribution < 1.29 is 24.2 Å². The number of aryl methyl sites for hydroxylation is 1. The van der Waals surface area contributed by atoms with E-state index in [4.69, 9.17) is 9.47 Å². The Kier molecular flexibility index (Phi) is 9.04. The van der Waals surface area contributed by atoms with Gasteiger partial charge in [0.15, 0.2) is 0 Å². The molecule has 39 heavy (non-hydrogen) atoms. The first-order chi connectivity index (χ1) is 18.8. The molecule has 0 aliphatic carbocycles. The molecule has 1 N–H and O–H groups in total. The third kappa shape index (κ3) is 6.49. The summed E-state index contributed by atoms with van der Waals surface area (Å²) in [5.41, 5.74) is 3.11. The number of hydrogen-bond acceptors (Lipinski definition) is 6. The van der Waals surface area contributed by atoms with E-state index < -0.39 is 17.7 Å². The summed E-state index contributed by atoms with van der Waals surface area (Å²) in [5.74, 6) is -0.114. The topological polar surface area (TPSA) is 79.3 Å². The molecule has 0 aromatic heterocycles. The molecule has 1 fully saturated rings. The number of Topliss-reactive ketones (excluding diaryl/α,β-unsaturated/α-hetero) is 1. The van der Waals surface area contributed by atoms with Crippen molar-refractivity contribution in [3.05, 3.63) is 101 Å². The molecule has 0 spiro atoms. The monoisotopic (exact) mass is 528 g/mol. The van der Waals surface area contributed by atoms with Gasteiger partial charge < -0.3 is 24.4 Å². The fourth-order valence-electron chi connectivity index (χ4n) is 4.81. The Morgan fingerprint density at radius 1 is 0.949 bits per heavy atom. The standard InChI is InChI=1S/C32H36N2O5/c1-5-38-25-14-12-24(13-15-25)29-28(31(36)32(37)34(29)19-9-18-33(3)4)30(35)27-17-16-26(20-22(27)2)39-21-23-10-7-6-8-11-23/h6-8,10-17,20,29,35H,5,9,18-19,21H2,1-4H3. The lowest BCUT2D eigenvalue weighted by atomic mass is 9.93. The number of benzene rings is 3. The van der Waals surface area contributed by atoms with E-state index in [0.29, 0.717) is 43.2 Å². The van der Waals surface area contributed by atoms with Crippen LogP contribution in [0.4, 0.5) is 0 Å². The van der Waals surface area contributed by atoms with Crippen molar-refractivity contribution in [2.75, 3.05) is 33.8 Å². The van der Waals surface area contributed by atoms with Gasteiger partial charge in [0.05, 0.1) is 18.2 Å². The van der Waals surface area contributed by atoms with Gasteiger partial charge in [-0.15, -0.1) is 0 Å². The van der Waals surface area contributed by atoms with E-state index in [-0.39, 0.29) is 11.3 Å². The number of rotatable bonds is 11. The smallest absolute Gasteiger partial charge is 0.295 e. The van der Waals surface area contributed by atoms with E-state index in [1.165, 1.54) is 0 Å². The minimum absolute atomic E-state index is 0.0927. The van der Waals surface area contributed by atoms with Crippen molar-refractivity contribution >= 4 is 17.4 Å². The van der Waals surface area contributed by atoms with Crippen LogP contribution in [0.3, 0.4) is 0 Å². The normalized spacial score (nSPS) is 16.6. The SMILES string of the molecule is CCOc1ccc(C2C(=C(O)c3ccc(OCc4ccccc4)cc3C)C(=O)C(=O)N2CCCN(C)C)cc1. The first kappa shape index (κ1) is 27.9. The quantitative estimate of drug-likeness (QED) is 0.205. The number of carbonyl (C=O) groups is 2. The fraction of sp³-hybridized carbons (Fsp3) is 0.312. The molecule has 1 aliphatic heterocycles. The molecule has 1 unspecified atom stereocenters. The second-order valence-electron chi connectivity index (χ2n) is 9.90. The maximum absolute atomic E-state index is 13.3. The van der Waals surface area contributed by atoms with Crippen LogP contribution in [0.1, 0.15) is 41.6 Å². The number of ether oxygens (including phenoxy) is 2. The van der Waals surface area contributed by atoms with Gasteiger partial charge in [-0.05, 0) is 87.9 Å². The molecule has 0 radical (unpaired) electrons. The Labute approximate surface area is 230 Å². The molecule has 1 heterocycles. The largest absolute Gasteiger partial charge is 0.507 e. The summed E-state index contributed by atoms with van der Waals surface area (Å²) in [6, 6.07) is 21.8. The second-order valence-corrected chi connectivity index (χ2v) is 9.90. The lowest BCUT2D eigenvalue weighted by Crippen LogP contribution is -2.32. The van der Waals surface area contributed by atoms with Crippen LogP contribution in [0, 0.1) is 6.92 Å². The molecule has 1 amide bonds. The third-order valence-corrected chi connectivity index (χ3v) is 6.75. The van der Waals surface area contributed by atoms with Crippen molar-refractivity contribution in [2.24, 2.45) is 0 Å². The highest BCUT2D eigenvalue weighted by Crippen LogP contribution is 2.40. The summed E-state index contributed by atoms with van der Waals surface area (Å²) < 4.78 is 11.5. The number of ketones is 1. The van der Waals surface area contributed by atoms with E-state index in [1.54, 1.807) is 17.0 Å². The molecular formula is C32H36N2O5. The Bertz CT molecular complexity index is 1330. The lowest BCUT2D eigenvalue weighted by molar-refractivity contribution is -0.139. The molecule has 1 aliphatic rings. The highest BCUT2D eigenvalue weighted by Gasteiger charge is 2.45. The Balaban J connectivity index is 1.68. The van der Waals surface area contributed by atoms with Crippen molar-refractivity contribution in [2.45, 2.75) is 32.9 Å². The predicted molar refractivity (Wildman–Crippen MR) is 152 cm³/mol. The average molecular weight is 529 g/mol. The van der Waals surface area contributed by atoms with Crippen LogP contribution < -0.4 is 9.47 Å². The number of nitrogens with zero attached hydrogens (tertiary/aromatic N) is 2. The summed E-state index contributed by atoms with van der Waals surface area (Å²) in [4.78, 5) is 30.2. The first-order valence-corrected chi connectivity index (χ1v) is 13.2. The van der Waals surface area contributed by atoms with Crippen LogP contribution in [0.2, 0.25) is 0 Å². The third-order valence-electron chi connectivity index (χ3n) is 6.75. The molecule has 1 saturated heterocycles. The van der Waals surface area contributed by atoms with E-state index in [0.717, 1.165) is 23.2 Å². The summed E-state index contributed by atoms with van der Waals surface area (Å²) in [6.07, 6.45) is 0.695. The van der Waals surface area contributed by atoms with Gasteiger partial charge in [0.1, 0.15) is 23.9 Å². The minimum Gasteiger partial charge on any atom is -0.507 e. The van der Waals surface area contributed by atoms with Gasteiger partial charge in [-0.3, -0.25) is 9.59 Å². The van der Waals surface area contributed by atoms with Gasteiger partial charge in [-0.25, -0.2) is 0 Å². The zero-order valence-electron chi connectivity index (χ0n) is 23.0. The van der Waals surface area contributed by atoms with Crippen molar-refractivity contribution in [1.82, 2.24) is 9.80 Å². The average Bonchev–Trinajstić information content (AvgIpc) is 3.18. The van der Waals surface area contributed by atoms with Crippen molar-refractivity contribution in [1.29, 1.82) is 0 Å². The molecule has 7 heteroatoms. The highest BCUT2D eigenvalue weighted by molar-refractivity contribution is 6.46. The van der Waals surface area contributed by atoms with Gasteiger partial charge in [-0.1, -0.05) is 42.5 Å². The van der Waals surface area contributed by atoms with E-state index in [1.807, 2.05) is 93.5 Å². The molecule has 3 aromatic rings. The number of aliphatic hydroxyl groups excluding tert-OH is 1. The van der Waals surface area contributed by atoms with Gasteiger partial charge in [0, 0.05) is 12.1 Å². The Morgan fingerprint density at radius 2 is 1.64 bits per heavy atom. The molecular weight excluding hydrogens is 492 g/mol. The number of amides is 1. The van der Waals surface area contributed by atoms with Crippen LogP contribution in [0.25, 0.3) is 5.76 Å². The van der Waals surface area contributed by atoms with Crippen molar-refractivity contribution in [3.8, 4) is 11.5 Å². The van der Waals surface area contributed by atoms with E-state index >= 15 is 0 Å². The minimum atomic E-state index is -0.698. The van der Waals surface area contributed by atoms with Crippen LogP contribution in [0.5, 0.6) is 11.5 Å². The summed E-state index contributed by atoms with van der Waals surface area (Å²) >= 11 is 0. The number of aliphatic hydroxyl groups is 1. The van der Waals surface area contributed by atoms with Crippen LogP contribution in [-0.2, 0) is 16.2 Å². The second kappa shape index (κ2) is 12.6. The summed E-state index contributed by atoms with van der Waals surface area (Å²) in [5, 5.41) is 11.5. The predicted octanol–water partition coefficient (Wildman–Crippen LogP) is 5.35. The molecule has 0 saturated carbocycles. The first-order valence-electron chi connectivity index (χ1n) is 13.2. The highest BCUT2D eigenvalue weighted by atomic mass is 16.5.